The van der Waals surface area contributed by atoms with Gasteiger partial charge in [-0.15, -0.1) is 0 Å². The minimum atomic E-state index is -0.592. The van der Waals surface area contributed by atoms with Crippen LogP contribution in [0, 0.1) is 0 Å². The lowest BCUT2D eigenvalue weighted by Crippen LogP contribution is -2.31. The highest BCUT2D eigenvalue weighted by Gasteiger charge is 2.20. The average molecular weight is 235 g/mol. The molecular weight excluding hydrogens is 222 g/mol. The molecule has 1 N–H and O–H groups in total. The van der Waals surface area contributed by atoms with Gasteiger partial charge in [0.25, 0.3) is 5.91 Å². The number of hydrogen-bond donors (Lipinski definition) is 1. The summed E-state index contributed by atoms with van der Waals surface area (Å²) < 4.78 is 10.3. The van der Waals surface area contributed by atoms with Crippen molar-refractivity contribution in [3.05, 3.63) is 23.8 Å². The first-order chi connectivity index (χ1) is 8.22. The van der Waals surface area contributed by atoms with E-state index in [0.717, 1.165) is 6.42 Å². The normalized spacial score (nSPS) is 12.3. The van der Waals surface area contributed by atoms with Crippen LogP contribution in [0.1, 0.15) is 23.7 Å². The van der Waals surface area contributed by atoms with E-state index in [0.29, 0.717) is 23.6 Å². The zero-order valence-corrected chi connectivity index (χ0v) is 9.49. The molecule has 0 fully saturated rings. The Morgan fingerprint density at radius 3 is 2.82 bits per heavy atom. The molecule has 17 heavy (non-hydrogen) atoms. The summed E-state index contributed by atoms with van der Waals surface area (Å²) in [5.74, 6) is -0.0582. The summed E-state index contributed by atoms with van der Waals surface area (Å²) >= 11 is 0. The fraction of sp³-hybridized carbons (Fsp3) is 0.333. The van der Waals surface area contributed by atoms with Crippen molar-refractivity contribution in [2.75, 3.05) is 13.3 Å². The molecule has 1 aliphatic heterocycles. The minimum Gasteiger partial charge on any atom is -0.454 e. The third-order valence-corrected chi connectivity index (χ3v) is 2.38. The van der Waals surface area contributed by atoms with Gasteiger partial charge < -0.3 is 14.8 Å². The van der Waals surface area contributed by atoms with Crippen LogP contribution in [0.25, 0.3) is 0 Å². The second-order valence-corrected chi connectivity index (χ2v) is 3.65. The van der Waals surface area contributed by atoms with E-state index in [2.05, 4.69) is 5.32 Å². The smallest absolute Gasteiger partial charge is 0.292 e. The molecule has 1 aliphatic rings. The number of Topliss-reactive ketones (excluding diaryl/α,β-unsaturated/α-hetero) is 1. The molecular formula is C12H13NO4. The number of ether oxygens (including phenoxy) is 2. The molecule has 0 aliphatic carbocycles. The van der Waals surface area contributed by atoms with E-state index in [9.17, 15) is 9.59 Å². The van der Waals surface area contributed by atoms with Crippen LogP contribution in [0.5, 0.6) is 11.5 Å². The van der Waals surface area contributed by atoms with Gasteiger partial charge >= 0.3 is 0 Å². The van der Waals surface area contributed by atoms with E-state index in [1.807, 2.05) is 6.92 Å². The summed E-state index contributed by atoms with van der Waals surface area (Å²) in [5.41, 5.74) is 0.308. The van der Waals surface area contributed by atoms with Crippen LogP contribution in [-0.4, -0.2) is 25.0 Å². The van der Waals surface area contributed by atoms with Crippen LogP contribution in [-0.2, 0) is 4.79 Å². The van der Waals surface area contributed by atoms with Gasteiger partial charge in [0, 0.05) is 12.1 Å². The third-order valence-electron chi connectivity index (χ3n) is 2.38. The van der Waals surface area contributed by atoms with Crippen molar-refractivity contribution in [2.45, 2.75) is 13.3 Å². The second kappa shape index (κ2) is 4.86. The van der Waals surface area contributed by atoms with E-state index in [1.54, 1.807) is 12.1 Å². The van der Waals surface area contributed by atoms with E-state index in [1.165, 1.54) is 6.07 Å². The molecule has 1 amide bonds. The number of ketones is 1. The van der Waals surface area contributed by atoms with Gasteiger partial charge in [-0.1, -0.05) is 6.92 Å². The molecule has 0 unspecified atom stereocenters. The van der Waals surface area contributed by atoms with E-state index < -0.39 is 11.7 Å². The predicted octanol–water partition coefficient (Wildman–Crippen LogP) is 1.12. The van der Waals surface area contributed by atoms with E-state index in [-0.39, 0.29) is 6.79 Å². The summed E-state index contributed by atoms with van der Waals surface area (Å²) in [6.45, 7) is 2.56. The lowest BCUT2D eigenvalue weighted by atomic mass is 10.1. The van der Waals surface area contributed by atoms with Crippen molar-refractivity contribution in [3.8, 4) is 11.5 Å². The maximum atomic E-state index is 11.7. The van der Waals surface area contributed by atoms with Crippen LogP contribution in [0.15, 0.2) is 18.2 Å². The fourth-order valence-corrected chi connectivity index (χ4v) is 1.49. The quantitative estimate of drug-likeness (QED) is 0.627. The molecule has 2 rings (SSSR count). The van der Waals surface area contributed by atoms with Crippen molar-refractivity contribution < 1.29 is 19.1 Å². The molecule has 0 atom stereocenters. The Labute approximate surface area is 98.7 Å². The monoisotopic (exact) mass is 235 g/mol. The Balaban J connectivity index is 2.12. The number of rotatable bonds is 4. The Bertz CT molecular complexity index is 456. The van der Waals surface area contributed by atoms with Crippen LogP contribution in [0.4, 0.5) is 0 Å². The lowest BCUT2D eigenvalue weighted by molar-refractivity contribution is -0.116. The summed E-state index contributed by atoms with van der Waals surface area (Å²) in [4.78, 5) is 23.2. The predicted molar refractivity (Wildman–Crippen MR) is 60.2 cm³/mol. The largest absolute Gasteiger partial charge is 0.454 e. The molecule has 0 radical (unpaired) electrons. The molecule has 0 aromatic heterocycles. The molecule has 90 valence electrons. The Morgan fingerprint density at radius 2 is 2.06 bits per heavy atom. The van der Waals surface area contributed by atoms with Crippen LogP contribution < -0.4 is 14.8 Å². The van der Waals surface area contributed by atoms with Gasteiger partial charge in [0.05, 0.1) is 0 Å². The summed E-state index contributed by atoms with van der Waals surface area (Å²) in [6, 6.07) is 4.71. The number of carbonyl (C=O) groups is 2. The minimum absolute atomic E-state index is 0.148. The van der Waals surface area contributed by atoms with Gasteiger partial charge in [-0.25, -0.2) is 0 Å². The third kappa shape index (κ3) is 2.38. The van der Waals surface area contributed by atoms with Gasteiger partial charge in [0.2, 0.25) is 12.6 Å². The zero-order chi connectivity index (χ0) is 12.3. The highest BCUT2D eigenvalue weighted by atomic mass is 16.7. The maximum Gasteiger partial charge on any atom is 0.292 e. The molecule has 0 saturated carbocycles. The van der Waals surface area contributed by atoms with Crippen molar-refractivity contribution in [1.29, 1.82) is 0 Å². The Hall–Kier alpha value is -2.04. The molecule has 5 heteroatoms. The van der Waals surface area contributed by atoms with Crippen LogP contribution >= 0.6 is 0 Å². The molecule has 1 aromatic rings. The number of carbonyl (C=O) groups excluding carboxylic acids is 2. The van der Waals surface area contributed by atoms with Crippen LogP contribution in [0.2, 0.25) is 0 Å². The maximum absolute atomic E-state index is 11.7. The standard InChI is InChI=1S/C12H13NO4/c1-2-5-13-12(15)11(14)8-3-4-9-10(6-8)17-7-16-9/h3-4,6H,2,5,7H2,1H3,(H,13,15). The van der Waals surface area contributed by atoms with E-state index in [4.69, 9.17) is 9.47 Å². The zero-order valence-electron chi connectivity index (χ0n) is 9.49. The molecule has 0 saturated heterocycles. The van der Waals surface area contributed by atoms with Gasteiger partial charge in [-0.05, 0) is 24.6 Å². The van der Waals surface area contributed by atoms with Gasteiger partial charge in [0.15, 0.2) is 11.5 Å². The Kier molecular flexibility index (Phi) is 3.27. The Morgan fingerprint density at radius 1 is 1.29 bits per heavy atom. The van der Waals surface area contributed by atoms with Crippen molar-refractivity contribution >= 4 is 11.7 Å². The number of benzene rings is 1. The fourth-order valence-electron chi connectivity index (χ4n) is 1.49. The number of hydrogen-bond acceptors (Lipinski definition) is 4. The number of amides is 1. The van der Waals surface area contributed by atoms with Crippen LogP contribution in [0.3, 0.4) is 0 Å². The topological polar surface area (TPSA) is 64.6 Å². The SMILES string of the molecule is CCCNC(=O)C(=O)c1ccc2c(c1)OCO2. The number of nitrogens with one attached hydrogen (secondary N) is 1. The summed E-state index contributed by atoms with van der Waals surface area (Å²) in [5, 5.41) is 2.54. The summed E-state index contributed by atoms with van der Waals surface area (Å²) in [6.07, 6.45) is 0.792. The van der Waals surface area contributed by atoms with Crippen molar-refractivity contribution in [3.63, 3.8) is 0 Å². The lowest BCUT2D eigenvalue weighted by Gasteiger charge is -2.03. The second-order valence-electron chi connectivity index (χ2n) is 3.65. The van der Waals surface area contributed by atoms with Crippen molar-refractivity contribution in [2.24, 2.45) is 0 Å². The molecule has 5 nitrogen and oxygen atoms in total. The van der Waals surface area contributed by atoms with Gasteiger partial charge in [-0.2, -0.15) is 0 Å². The average Bonchev–Trinajstić information content (AvgIpc) is 2.81. The molecule has 0 spiro atoms. The summed E-state index contributed by atoms with van der Waals surface area (Å²) in [7, 11) is 0. The molecule has 1 aromatic carbocycles. The van der Waals surface area contributed by atoms with Gasteiger partial charge in [-0.3, -0.25) is 9.59 Å². The van der Waals surface area contributed by atoms with Gasteiger partial charge in [0.1, 0.15) is 0 Å². The van der Waals surface area contributed by atoms with E-state index >= 15 is 0 Å². The highest BCUT2D eigenvalue weighted by molar-refractivity contribution is 6.42. The first kappa shape index (κ1) is 11.4. The molecule has 1 heterocycles. The molecule has 0 bridgehead atoms. The first-order valence-electron chi connectivity index (χ1n) is 5.44. The van der Waals surface area contributed by atoms with Crippen molar-refractivity contribution in [1.82, 2.24) is 5.32 Å². The highest BCUT2D eigenvalue weighted by Crippen LogP contribution is 2.32. The number of fused-ring (bicyclic) bond motifs is 1. The first-order valence-corrected chi connectivity index (χ1v) is 5.44.